The van der Waals surface area contributed by atoms with Crippen LogP contribution in [0.3, 0.4) is 0 Å². The molecule has 7 nitrogen and oxygen atoms in total. The van der Waals surface area contributed by atoms with Gasteiger partial charge in [0.25, 0.3) is 17.4 Å². The minimum Gasteiger partial charge on any atom is -0.465 e. The number of benzene rings is 2. The molecule has 1 N–H and O–H groups in total. The summed E-state index contributed by atoms with van der Waals surface area (Å²) in [5.41, 5.74) is 1.83. The molecular formula is C23H24N4O3. The highest BCUT2D eigenvalue weighted by Crippen LogP contribution is 2.37. The van der Waals surface area contributed by atoms with Gasteiger partial charge in [-0.2, -0.15) is 5.10 Å². The first-order valence-electron chi connectivity index (χ1n) is 9.91. The summed E-state index contributed by atoms with van der Waals surface area (Å²) in [5.74, 6) is -0.420. The Morgan fingerprint density at radius 2 is 1.90 bits per heavy atom. The van der Waals surface area contributed by atoms with Crippen molar-refractivity contribution in [2.24, 2.45) is 0 Å². The van der Waals surface area contributed by atoms with Crippen LogP contribution in [0.1, 0.15) is 25.0 Å². The second kappa shape index (κ2) is 7.67. The number of carbonyl (C=O) groups is 2. The van der Waals surface area contributed by atoms with Crippen molar-refractivity contribution >= 4 is 23.2 Å². The molecule has 2 heterocycles. The third-order valence-corrected chi connectivity index (χ3v) is 5.36. The highest BCUT2D eigenvalue weighted by Gasteiger charge is 2.50. The van der Waals surface area contributed by atoms with Gasteiger partial charge in [0.15, 0.2) is 0 Å². The maximum absolute atomic E-state index is 13.1. The maximum Gasteiger partial charge on any atom is 0.280 e. The first kappa shape index (κ1) is 19.7. The van der Waals surface area contributed by atoms with Crippen LogP contribution in [-0.4, -0.2) is 33.7 Å². The Hall–Kier alpha value is -3.61. The summed E-state index contributed by atoms with van der Waals surface area (Å²) < 4.78 is 7.63. The average Bonchev–Trinajstić information content (AvgIpc) is 3.17. The van der Waals surface area contributed by atoms with Crippen LogP contribution in [0.25, 0.3) is 0 Å². The number of likely N-dealkylation sites (N-methyl/N-ethyl adjacent to an activating group) is 1. The first-order chi connectivity index (χ1) is 14.4. The van der Waals surface area contributed by atoms with Gasteiger partial charge in [-0.3, -0.25) is 14.3 Å². The summed E-state index contributed by atoms with van der Waals surface area (Å²) in [5, 5.41) is 7.11. The van der Waals surface area contributed by atoms with Crippen molar-refractivity contribution in [2.45, 2.75) is 32.9 Å². The van der Waals surface area contributed by atoms with Crippen molar-refractivity contribution in [3.05, 3.63) is 72.1 Å². The molecule has 0 saturated heterocycles. The number of ether oxygens (including phenoxy) is 1. The fraction of sp³-hybridized carbons (Fsp3) is 0.261. The number of hydrogen-bond donors (Lipinski definition) is 1. The molecule has 4 rings (SSSR count). The van der Waals surface area contributed by atoms with Crippen molar-refractivity contribution in [1.82, 2.24) is 9.78 Å². The van der Waals surface area contributed by atoms with E-state index in [-0.39, 0.29) is 0 Å². The summed E-state index contributed by atoms with van der Waals surface area (Å²) in [7, 11) is 0. The Morgan fingerprint density at radius 1 is 1.17 bits per heavy atom. The molecule has 1 aromatic heterocycles. The SMILES string of the molecule is CCN1C(=O)C(C)(C(=O)Nc2cnn(Cc3ccccc3C)c2)Oc2ccccc21. The Kier molecular flexibility index (Phi) is 5.03. The smallest absolute Gasteiger partial charge is 0.280 e. The summed E-state index contributed by atoms with van der Waals surface area (Å²) in [4.78, 5) is 27.7. The summed E-state index contributed by atoms with van der Waals surface area (Å²) in [6.45, 7) is 6.45. The lowest BCUT2D eigenvalue weighted by molar-refractivity contribution is -0.145. The number of carbonyl (C=O) groups excluding carboxylic acids is 2. The quantitative estimate of drug-likeness (QED) is 0.662. The fourth-order valence-electron chi connectivity index (χ4n) is 3.58. The number of rotatable bonds is 5. The molecule has 1 atom stereocenters. The van der Waals surface area contributed by atoms with E-state index < -0.39 is 17.4 Å². The van der Waals surface area contributed by atoms with Gasteiger partial charge in [-0.1, -0.05) is 36.4 Å². The van der Waals surface area contributed by atoms with Crippen LogP contribution >= 0.6 is 0 Å². The van der Waals surface area contributed by atoms with E-state index in [0.717, 1.165) is 5.56 Å². The predicted molar refractivity (Wildman–Crippen MR) is 115 cm³/mol. The van der Waals surface area contributed by atoms with E-state index in [1.54, 1.807) is 28.0 Å². The van der Waals surface area contributed by atoms with Gasteiger partial charge in [0, 0.05) is 12.7 Å². The van der Waals surface area contributed by atoms with Crippen molar-refractivity contribution in [1.29, 1.82) is 0 Å². The Morgan fingerprint density at radius 3 is 2.67 bits per heavy atom. The molecule has 1 aliphatic heterocycles. The molecule has 2 aromatic carbocycles. The number of nitrogens with zero attached hydrogens (tertiary/aromatic N) is 3. The minimum atomic E-state index is -1.66. The van der Waals surface area contributed by atoms with Gasteiger partial charge < -0.3 is 15.0 Å². The van der Waals surface area contributed by atoms with Gasteiger partial charge in [0.05, 0.1) is 24.1 Å². The van der Waals surface area contributed by atoms with Crippen LogP contribution in [0.15, 0.2) is 60.9 Å². The molecule has 0 aliphatic carbocycles. The molecular weight excluding hydrogens is 380 g/mol. The lowest BCUT2D eigenvalue weighted by Gasteiger charge is -2.39. The van der Waals surface area contributed by atoms with Gasteiger partial charge >= 0.3 is 0 Å². The highest BCUT2D eigenvalue weighted by molar-refractivity contribution is 6.19. The standard InChI is InChI=1S/C23H24N4O3/c1-4-27-19-11-7-8-12-20(19)30-23(3,22(27)29)21(28)25-18-13-24-26(15-18)14-17-10-6-5-9-16(17)2/h5-13,15H,4,14H2,1-3H3,(H,25,28). The topological polar surface area (TPSA) is 76.5 Å². The average molecular weight is 404 g/mol. The largest absolute Gasteiger partial charge is 0.465 e. The van der Waals surface area contributed by atoms with Crippen LogP contribution < -0.4 is 15.0 Å². The second-order valence-electron chi connectivity index (χ2n) is 7.46. The molecule has 2 amide bonds. The van der Waals surface area contributed by atoms with Crippen LogP contribution in [0.5, 0.6) is 5.75 Å². The van der Waals surface area contributed by atoms with E-state index in [2.05, 4.69) is 10.4 Å². The molecule has 7 heteroatoms. The molecule has 0 saturated carbocycles. The molecule has 0 fully saturated rings. The molecule has 1 aliphatic rings. The number of fused-ring (bicyclic) bond motifs is 1. The van der Waals surface area contributed by atoms with Gasteiger partial charge in [0.1, 0.15) is 5.75 Å². The second-order valence-corrected chi connectivity index (χ2v) is 7.46. The lowest BCUT2D eigenvalue weighted by Crippen LogP contribution is -2.60. The van der Waals surface area contributed by atoms with Crippen molar-refractivity contribution in [3.8, 4) is 5.75 Å². The van der Waals surface area contributed by atoms with E-state index in [4.69, 9.17) is 4.74 Å². The molecule has 30 heavy (non-hydrogen) atoms. The molecule has 0 spiro atoms. The molecule has 3 aromatic rings. The summed E-state index contributed by atoms with van der Waals surface area (Å²) in [6, 6.07) is 15.3. The summed E-state index contributed by atoms with van der Waals surface area (Å²) in [6.07, 6.45) is 3.31. The van der Waals surface area contributed by atoms with E-state index in [0.29, 0.717) is 30.2 Å². The van der Waals surface area contributed by atoms with Gasteiger partial charge in [-0.25, -0.2) is 0 Å². The zero-order chi connectivity index (χ0) is 21.3. The van der Waals surface area contributed by atoms with E-state index in [1.165, 1.54) is 12.5 Å². The van der Waals surface area contributed by atoms with E-state index in [1.807, 2.05) is 56.3 Å². The monoisotopic (exact) mass is 404 g/mol. The predicted octanol–water partition coefficient (Wildman–Crippen LogP) is 3.38. The van der Waals surface area contributed by atoms with Crippen LogP contribution in [0.4, 0.5) is 11.4 Å². The van der Waals surface area contributed by atoms with E-state index >= 15 is 0 Å². The number of hydrogen-bond acceptors (Lipinski definition) is 4. The third kappa shape index (κ3) is 3.43. The number of aromatic nitrogens is 2. The molecule has 0 radical (unpaired) electrons. The van der Waals surface area contributed by atoms with Gasteiger partial charge in [0.2, 0.25) is 0 Å². The minimum absolute atomic E-state index is 0.395. The van der Waals surface area contributed by atoms with Crippen molar-refractivity contribution in [3.63, 3.8) is 0 Å². The van der Waals surface area contributed by atoms with E-state index in [9.17, 15) is 9.59 Å². The molecule has 1 unspecified atom stereocenters. The number of aryl methyl sites for hydroxylation is 1. The Bertz CT molecular complexity index is 1110. The zero-order valence-corrected chi connectivity index (χ0v) is 17.3. The normalized spacial score (nSPS) is 18.0. The Labute approximate surface area is 175 Å². The zero-order valence-electron chi connectivity index (χ0n) is 17.3. The highest BCUT2D eigenvalue weighted by atomic mass is 16.5. The lowest BCUT2D eigenvalue weighted by atomic mass is 10.00. The third-order valence-electron chi connectivity index (χ3n) is 5.36. The summed E-state index contributed by atoms with van der Waals surface area (Å²) >= 11 is 0. The first-order valence-corrected chi connectivity index (χ1v) is 9.91. The Balaban J connectivity index is 1.53. The number of para-hydroxylation sites is 2. The molecule has 154 valence electrons. The van der Waals surface area contributed by atoms with Crippen LogP contribution in [0, 0.1) is 6.92 Å². The van der Waals surface area contributed by atoms with Gasteiger partial charge in [-0.15, -0.1) is 0 Å². The maximum atomic E-state index is 13.1. The molecule has 0 bridgehead atoms. The fourth-order valence-corrected chi connectivity index (χ4v) is 3.58. The number of anilines is 2. The van der Waals surface area contributed by atoms with Crippen molar-refractivity contribution in [2.75, 3.05) is 16.8 Å². The number of nitrogens with one attached hydrogen (secondary N) is 1. The number of amides is 2. The van der Waals surface area contributed by atoms with Crippen molar-refractivity contribution < 1.29 is 14.3 Å². The van der Waals surface area contributed by atoms with Crippen LogP contribution in [0.2, 0.25) is 0 Å². The van der Waals surface area contributed by atoms with Gasteiger partial charge in [-0.05, 0) is 44.0 Å². The van der Waals surface area contributed by atoms with Crippen LogP contribution in [-0.2, 0) is 16.1 Å².